The topological polar surface area (TPSA) is 110 Å². The van der Waals surface area contributed by atoms with Gasteiger partial charge in [0.05, 0.1) is 22.6 Å². The zero-order valence-corrected chi connectivity index (χ0v) is 20.0. The SMILES string of the molecule is CCOC(=O)[C@H](Cc1ccc(NS(=O)(=O)c2ccc(C)cc2)cc1)N1C(=O)c2ccccc2C1=O. The Kier molecular flexibility index (Phi) is 6.70. The van der Waals surface area contributed by atoms with E-state index < -0.39 is 33.8 Å². The van der Waals surface area contributed by atoms with Gasteiger partial charge in [0.15, 0.2) is 0 Å². The Labute approximate surface area is 203 Å². The van der Waals surface area contributed by atoms with Gasteiger partial charge in [-0.3, -0.25) is 19.2 Å². The summed E-state index contributed by atoms with van der Waals surface area (Å²) >= 11 is 0. The summed E-state index contributed by atoms with van der Waals surface area (Å²) in [6.07, 6.45) is 0.0231. The van der Waals surface area contributed by atoms with Crippen molar-refractivity contribution in [1.82, 2.24) is 4.90 Å². The molecule has 0 radical (unpaired) electrons. The average Bonchev–Trinajstić information content (AvgIpc) is 3.09. The molecule has 0 spiro atoms. The van der Waals surface area contributed by atoms with Crippen LogP contribution in [-0.4, -0.2) is 43.8 Å². The van der Waals surface area contributed by atoms with Crippen molar-refractivity contribution in [2.75, 3.05) is 11.3 Å². The summed E-state index contributed by atoms with van der Waals surface area (Å²) in [5, 5.41) is 0. The van der Waals surface area contributed by atoms with Crippen LogP contribution in [-0.2, 0) is 26.0 Å². The Balaban J connectivity index is 1.55. The molecule has 0 aromatic heterocycles. The Hall–Kier alpha value is -3.98. The number of nitrogens with one attached hydrogen (secondary N) is 1. The predicted octanol–water partition coefficient (Wildman–Crippen LogP) is 3.57. The first-order chi connectivity index (χ1) is 16.7. The smallest absolute Gasteiger partial charge is 0.329 e. The number of carbonyl (C=O) groups excluding carboxylic acids is 3. The molecule has 1 aliphatic heterocycles. The van der Waals surface area contributed by atoms with Crippen molar-refractivity contribution < 1.29 is 27.5 Å². The fraction of sp³-hybridized carbons (Fsp3) is 0.192. The third-order valence-corrected chi connectivity index (χ3v) is 7.06. The Morgan fingerprint density at radius 2 is 1.49 bits per heavy atom. The highest BCUT2D eigenvalue weighted by Crippen LogP contribution is 2.27. The first-order valence-electron chi connectivity index (χ1n) is 11.0. The number of aryl methyl sites for hydroxylation is 1. The molecule has 1 atom stereocenters. The molecule has 8 nitrogen and oxygen atoms in total. The molecule has 0 bridgehead atoms. The standard InChI is InChI=1S/C26H24N2O6S/c1-3-34-26(31)23(28-24(29)21-6-4-5-7-22(21)25(28)30)16-18-10-12-19(13-11-18)27-35(32,33)20-14-8-17(2)9-15-20/h4-15,23,27H,3,16H2,1-2H3/t23-/m0/s1. The van der Waals surface area contributed by atoms with Crippen molar-refractivity contribution >= 4 is 33.5 Å². The van der Waals surface area contributed by atoms with Gasteiger partial charge in [-0.2, -0.15) is 0 Å². The minimum atomic E-state index is -3.77. The van der Waals surface area contributed by atoms with Gasteiger partial charge in [-0.15, -0.1) is 0 Å². The van der Waals surface area contributed by atoms with Gasteiger partial charge in [-0.25, -0.2) is 13.2 Å². The number of hydrogen-bond acceptors (Lipinski definition) is 6. The second-order valence-electron chi connectivity index (χ2n) is 8.11. The molecular weight excluding hydrogens is 468 g/mol. The highest BCUT2D eigenvalue weighted by atomic mass is 32.2. The maximum Gasteiger partial charge on any atom is 0.329 e. The summed E-state index contributed by atoms with van der Waals surface area (Å²) in [4.78, 5) is 39.7. The molecule has 35 heavy (non-hydrogen) atoms. The van der Waals surface area contributed by atoms with Gasteiger partial charge in [-0.1, -0.05) is 42.0 Å². The van der Waals surface area contributed by atoms with Crippen LogP contribution in [0.1, 0.15) is 38.8 Å². The number of hydrogen-bond donors (Lipinski definition) is 1. The van der Waals surface area contributed by atoms with Gasteiger partial charge in [0.25, 0.3) is 21.8 Å². The number of rotatable bonds is 8. The minimum absolute atomic E-state index is 0.0231. The van der Waals surface area contributed by atoms with Crippen molar-refractivity contribution in [3.63, 3.8) is 0 Å². The fourth-order valence-electron chi connectivity index (χ4n) is 3.87. The quantitative estimate of drug-likeness (QED) is 0.380. The van der Waals surface area contributed by atoms with Crippen LogP contribution in [0.15, 0.2) is 77.7 Å². The van der Waals surface area contributed by atoms with E-state index in [9.17, 15) is 22.8 Å². The second kappa shape index (κ2) is 9.71. The van der Waals surface area contributed by atoms with Crippen molar-refractivity contribution in [2.24, 2.45) is 0 Å². The summed E-state index contributed by atoms with van der Waals surface area (Å²) in [6, 6.07) is 18.1. The lowest BCUT2D eigenvalue weighted by atomic mass is 10.0. The third kappa shape index (κ3) is 4.95. The van der Waals surface area contributed by atoms with Crippen LogP contribution in [0, 0.1) is 6.92 Å². The van der Waals surface area contributed by atoms with E-state index in [1.165, 1.54) is 12.1 Å². The van der Waals surface area contributed by atoms with Crippen LogP contribution in [0.2, 0.25) is 0 Å². The summed E-state index contributed by atoms with van der Waals surface area (Å²) < 4.78 is 32.9. The van der Waals surface area contributed by atoms with E-state index in [4.69, 9.17) is 4.74 Å². The lowest BCUT2D eigenvalue weighted by Crippen LogP contribution is -2.47. The molecule has 4 rings (SSSR count). The number of ether oxygens (including phenoxy) is 1. The summed E-state index contributed by atoms with van der Waals surface area (Å²) in [6.45, 7) is 3.61. The second-order valence-corrected chi connectivity index (χ2v) is 9.80. The lowest BCUT2D eigenvalue weighted by Gasteiger charge is -2.24. The Morgan fingerprint density at radius 3 is 2.03 bits per heavy atom. The minimum Gasteiger partial charge on any atom is -0.464 e. The molecule has 2 amide bonds. The maximum absolute atomic E-state index is 12.9. The molecule has 3 aromatic rings. The van der Waals surface area contributed by atoms with Crippen molar-refractivity contribution in [3.05, 3.63) is 95.1 Å². The maximum atomic E-state index is 12.9. The van der Waals surface area contributed by atoms with Gasteiger partial charge in [0.1, 0.15) is 6.04 Å². The highest BCUT2D eigenvalue weighted by Gasteiger charge is 2.43. The number of amides is 2. The fourth-order valence-corrected chi connectivity index (χ4v) is 4.93. The summed E-state index contributed by atoms with van der Waals surface area (Å²) in [7, 11) is -3.77. The molecule has 0 saturated carbocycles. The van der Waals surface area contributed by atoms with E-state index in [1.807, 2.05) is 6.92 Å². The molecular formula is C26H24N2O6S. The number of sulfonamides is 1. The molecule has 180 valence electrons. The van der Waals surface area contributed by atoms with Crippen LogP contribution < -0.4 is 4.72 Å². The van der Waals surface area contributed by atoms with Gasteiger partial charge >= 0.3 is 5.97 Å². The zero-order chi connectivity index (χ0) is 25.2. The van der Waals surface area contributed by atoms with Crippen molar-refractivity contribution in [1.29, 1.82) is 0 Å². The van der Waals surface area contributed by atoms with Crippen LogP contribution in [0.5, 0.6) is 0 Å². The van der Waals surface area contributed by atoms with Gasteiger partial charge in [-0.05, 0) is 55.8 Å². The number of benzene rings is 3. The molecule has 3 aromatic carbocycles. The normalized spacial score (nSPS) is 13.9. The zero-order valence-electron chi connectivity index (χ0n) is 19.2. The molecule has 1 N–H and O–H groups in total. The number of carbonyl (C=O) groups is 3. The van der Waals surface area contributed by atoms with Gasteiger partial charge in [0, 0.05) is 12.1 Å². The number of nitrogens with zero attached hydrogens (tertiary/aromatic N) is 1. The van der Waals surface area contributed by atoms with Gasteiger partial charge < -0.3 is 4.74 Å². The van der Waals surface area contributed by atoms with E-state index in [0.29, 0.717) is 11.3 Å². The van der Waals surface area contributed by atoms with E-state index in [-0.39, 0.29) is 29.1 Å². The van der Waals surface area contributed by atoms with Crippen LogP contribution in [0.25, 0.3) is 0 Å². The first kappa shape index (κ1) is 24.2. The van der Waals surface area contributed by atoms with Crippen LogP contribution >= 0.6 is 0 Å². The van der Waals surface area contributed by atoms with Crippen LogP contribution in [0.3, 0.4) is 0 Å². The van der Waals surface area contributed by atoms with Crippen LogP contribution in [0.4, 0.5) is 5.69 Å². The van der Waals surface area contributed by atoms with E-state index in [1.54, 1.807) is 67.6 Å². The lowest BCUT2D eigenvalue weighted by molar-refractivity contribution is -0.147. The van der Waals surface area contributed by atoms with Crippen molar-refractivity contribution in [2.45, 2.75) is 31.2 Å². The highest BCUT2D eigenvalue weighted by molar-refractivity contribution is 7.92. The van der Waals surface area contributed by atoms with E-state index in [2.05, 4.69) is 4.72 Å². The molecule has 9 heteroatoms. The monoisotopic (exact) mass is 492 g/mol. The van der Waals surface area contributed by atoms with E-state index >= 15 is 0 Å². The molecule has 0 saturated heterocycles. The predicted molar refractivity (Wildman–Crippen MR) is 129 cm³/mol. The number of imide groups is 1. The first-order valence-corrected chi connectivity index (χ1v) is 12.5. The molecule has 1 heterocycles. The van der Waals surface area contributed by atoms with Gasteiger partial charge in [0.2, 0.25) is 0 Å². The largest absolute Gasteiger partial charge is 0.464 e. The Morgan fingerprint density at radius 1 is 0.914 bits per heavy atom. The number of anilines is 1. The summed E-state index contributed by atoms with van der Waals surface area (Å²) in [5.74, 6) is -1.79. The third-order valence-electron chi connectivity index (χ3n) is 5.66. The average molecular weight is 493 g/mol. The van der Waals surface area contributed by atoms with E-state index in [0.717, 1.165) is 10.5 Å². The Bertz CT molecular complexity index is 1350. The molecule has 1 aliphatic rings. The molecule has 0 unspecified atom stereocenters. The molecule has 0 aliphatic carbocycles. The van der Waals surface area contributed by atoms with Crippen molar-refractivity contribution in [3.8, 4) is 0 Å². The number of esters is 1. The molecule has 0 fully saturated rings. The number of fused-ring (bicyclic) bond motifs is 1. The summed E-state index contributed by atoms with van der Waals surface area (Å²) in [5.41, 5.74) is 2.39.